The predicted octanol–water partition coefficient (Wildman–Crippen LogP) is 2.00. The van der Waals surface area contributed by atoms with E-state index in [1.165, 1.54) is 6.42 Å². The van der Waals surface area contributed by atoms with E-state index in [1.807, 2.05) is 13.0 Å². The first kappa shape index (κ1) is 14.0. The van der Waals surface area contributed by atoms with Gasteiger partial charge in [-0.1, -0.05) is 13.3 Å². The van der Waals surface area contributed by atoms with Gasteiger partial charge in [0.15, 0.2) is 0 Å². The number of nitriles is 1. The highest BCUT2D eigenvalue weighted by molar-refractivity contribution is 5.80. The quantitative estimate of drug-likeness (QED) is 0.770. The highest BCUT2D eigenvalue weighted by atomic mass is 16.5. The van der Waals surface area contributed by atoms with E-state index in [0.29, 0.717) is 13.0 Å². The van der Waals surface area contributed by atoms with Crippen molar-refractivity contribution in [3.63, 3.8) is 0 Å². The maximum absolute atomic E-state index is 11.6. The predicted molar refractivity (Wildman–Crippen MR) is 65.2 cm³/mol. The van der Waals surface area contributed by atoms with Gasteiger partial charge in [-0.3, -0.25) is 4.79 Å². The van der Waals surface area contributed by atoms with Crippen LogP contribution in [0.25, 0.3) is 0 Å². The summed E-state index contributed by atoms with van der Waals surface area (Å²) in [6, 6.07) is 2.05. The van der Waals surface area contributed by atoms with Crippen molar-refractivity contribution in [1.82, 2.24) is 5.32 Å². The minimum atomic E-state index is -0.493. The van der Waals surface area contributed by atoms with Gasteiger partial charge in [0.25, 0.3) is 0 Å². The van der Waals surface area contributed by atoms with Gasteiger partial charge >= 0.3 is 0 Å². The van der Waals surface area contributed by atoms with Gasteiger partial charge in [0, 0.05) is 13.2 Å². The molecule has 1 saturated heterocycles. The molecule has 0 spiro atoms. The van der Waals surface area contributed by atoms with Crippen molar-refractivity contribution in [2.75, 3.05) is 13.2 Å². The second kappa shape index (κ2) is 8.08. The Hall–Kier alpha value is -1.08. The second-order valence-corrected chi connectivity index (χ2v) is 4.54. The Balaban J connectivity index is 2.16. The Kier molecular flexibility index (Phi) is 6.64. The van der Waals surface area contributed by atoms with Gasteiger partial charge in [-0.05, 0) is 32.1 Å². The maximum Gasteiger partial charge on any atom is 0.237 e. The molecule has 1 fully saturated rings. The molecule has 1 amide bonds. The van der Waals surface area contributed by atoms with E-state index in [0.717, 1.165) is 32.3 Å². The Morgan fingerprint density at radius 2 is 2.41 bits per heavy atom. The van der Waals surface area contributed by atoms with Crippen LogP contribution in [-0.2, 0) is 9.53 Å². The lowest BCUT2D eigenvalue weighted by atomic mass is 10.0. The number of carbonyl (C=O) groups is 1. The van der Waals surface area contributed by atoms with E-state index in [-0.39, 0.29) is 12.0 Å². The third-order valence-electron chi connectivity index (χ3n) is 3.09. The molecule has 0 radical (unpaired) electrons. The number of ether oxygens (including phenoxy) is 1. The van der Waals surface area contributed by atoms with Gasteiger partial charge < -0.3 is 10.1 Å². The van der Waals surface area contributed by atoms with Crippen LogP contribution in [-0.4, -0.2) is 25.2 Å². The van der Waals surface area contributed by atoms with E-state index >= 15 is 0 Å². The number of hydrogen-bond donors (Lipinski definition) is 1. The molecule has 1 aliphatic rings. The summed E-state index contributed by atoms with van der Waals surface area (Å²) in [5, 5.41) is 11.7. The maximum atomic E-state index is 11.6. The summed E-state index contributed by atoms with van der Waals surface area (Å²) >= 11 is 0. The highest BCUT2D eigenvalue weighted by Gasteiger charge is 2.17. The summed E-state index contributed by atoms with van der Waals surface area (Å²) in [4.78, 5) is 11.6. The van der Waals surface area contributed by atoms with Crippen molar-refractivity contribution in [2.45, 2.75) is 51.6 Å². The number of nitrogens with zero attached hydrogens (tertiary/aromatic N) is 1. The zero-order chi connectivity index (χ0) is 12.5. The molecule has 0 aromatic heterocycles. The van der Waals surface area contributed by atoms with Crippen LogP contribution in [0.15, 0.2) is 0 Å². The SMILES string of the molecule is CCCC(C#N)C(=O)NCCC1CCCCO1. The topological polar surface area (TPSA) is 62.1 Å². The fraction of sp³-hybridized carbons (Fsp3) is 0.846. The summed E-state index contributed by atoms with van der Waals surface area (Å²) in [7, 11) is 0. The van der Waals surface area contributed by atoms with Crippen LogP contribution in [0.2, 0.25) is 0 Å². The van der Waals surface area contributed by atoms with Gasteiger partial charge in [-0.2, -0.15) is 5.26 Å². The molecule has 1 heterocycles. The van der Waals surface area contributed by atoms with Gasteiger partial charge in [-0.25, -0.2) is 0 Å². The largest absolute Gasteiger partial charge is 0.378 e. The summed E-state index contributed by atoms with van der Waals surface area (Å²) < 4.78 is 5.58. The molecule has 0 saturated carbocycles. The van der Waals surface area contributed by atoms with Crippen LogP contribution in [0.3, 0.4) is 0 Å². The smallest absolute Gasteiger partial charge is 0.237 e. The van der Waals surface area contributed by atoms with E-state index in [4.69, 9.17) is 10.00 Å². The van der Waals surface area contributed by atoms with Gasteiger partial charge in [-0.15, -0.1) is 0 Å². The van der Waals surface area contributed by atoms with Crippen LogP contribution in [0.4, 0.5) is 0 Å². The molecule has 2 unspecified atom stereocenters. The average molecular weight is 238 g/mol. The second-order valence-electron chi connectivity index (χ2n) is 4.54. The Morgan fingerprint density at radius 1 is 1.59 bits per heavy atom. The van der Waals surface area contributed by atoms with Crippen LogP contribution in [0.5, 0.6) is 0 Å². The molecular formula is C13H22N2O2. The van der Waals surface area contributed by atoms with Crippen molar-refractivity contribution >= 4 is 5.91 Å². The normalized spacial score (nSPS) is 21.5. The molecule has 0 aliphatic carbocycles. The third-order valence-corrected chi connectivity index (χ3v) is 3.09. The van der Waals surface area contributed by atoms with E-state index in [9.17, 15) is 4.79 Å². The van der Waals surface area contributed by atoms with Crippen LogP contribution < -0.4 is 5.32 Å². The molecular weight excluding hydrogens is 216 g/mol. The Bertz CT molecular complexity index is 267. The lowest BCUT2D eigenvalue weighted by Gasteiger charge is -2.22. The molecule has 4 nitrogen and oxygen atoms in total. The summed E-state index contributed by atoms with van der Waals surface area (Å²) in [6.45, 7) is 3.44. The molecule has 4 heteroatoms. The first-order valence-corrected chi connectivity index (χ1v) is 6.56. The van der Waals surface area contributed by atoms with Crippen molar-refractivity contribution < 1.29 is 9.53 Å². The average Bonchev–Trinajstić information content (AvgIpc) is 2.37. The lowest BCUT2D eigenvalue weighted by molar-refractivity contribution is -0.123. The minimum absolute atomic E-state index is 0.134. The molecule has 2 atom stereocenters. The first-order valence-electron chi connectivity index (χ1n) is 6.56. The minimum Gasteiger partial charge on any atom is -0.378 e. The Morgan fingerprint density at radius 3 is 3.00 bits per heavy atom. The van der Waals surface area contributed by atoms with Crippen molar-refractivity contribution in [3.8, 4) is 6.07 Å². The molecule has 1 aliphatic heterocycles. The highest BCUT2D eigenvalue weighted by Crippen LogP contribution is 2.15. The van der Waals surface area contributed by atoms with Crippen molar-refractivity contribution in [3.05, 3.63) is 0 Å². The number of nitrogens with one attached hydrogen (secondary N) is 1. The molecule has 0 aromatic carbocycles. The zero-order valence-electron chi connectivity index (χ0n) is 10.6. The lowest BCUT2D eigenvalue weighted by Crippen LogP contribution is -2.33. The monoisotopic (exact) mass is 238 g/mol. The molecule has 0 aromatic rings. The molecule has 96 valence electrons. The summed E-state index contributed by atoms with van der Waals surface area (Å²) in [6.07, 6.45) is 6.10. The number of rotatable bonds is 6. The fourth-order valence-corrected chi connectivity index (χ4v) is 2.06. The van der Waals surface area contributed by atoms with Crippen LogP contribution >= 0.6 is 0 Å². The van der Waals surface area contributed by atoms with E-state index in [2.05, 4.69) is 5.32 Å². The van der Waals surface area contributed by atoms with Crippen molar-refractivity contribution in [2.24, 2.45) is 5.92 Å². The first-order chi connectivity index (χ1) is 8.27. The summed E-state index contributed by atoms with van der Waals surface area (Å²) in [5.74, 6) is -0.627. The van der Waals surface area contributed by atoms with Gasteiger partial charge in [0.1, 0.15) is 5.92 Å². The number of carbonyl (C=O) groups excluding carboxylic acids is 1. The fourth-order valence-electron chi connectivity index (χ4n) is 2.06. The summed E-state index contributed by atoms with van der Waals surface area (Å²) in [5.41, 5.74) is 0. The molecule has 0 bridgehead atoms. The van der Waals surface area contributed by atoms with Gasteiger partial charge in [0.05, 0.1) is 12.2 Å². The van der Waals surface area contributed by atoms with Crippen LogP contribution in [0.1, 0.15) is 45.4 Å². The third kappa shape index (κ3) is 5.18. The molecule has 17 heavy (non-hydrogen) atoms. The Labute approximate surface area is 103 Å². The zero-order valence-corrected chi connectivity index (χ0v) is 10.6. The standard InChI is InChI=1S/C13H22N2O2/c1-2-5-11(10-14)13(16)15-8-7-12-6-3-4-9-17-12/h11-12H,2-9H2,1H3,(H,15,16). The molecule has 1 rings (SSSR count). The molecule has 1 N–H and O–H groups in total. The number of hydrogen-bond acceptors (Lipinski definition) is 3. The number of amides is 1. The van der Waals surface area contributed by atoms with Crippen LogP contribution in [0, 0.1) is 17.2 Å². The van der Waals surface area contributed by atoms with Crippen molar-refractivity contribution in [1.29, 1.82) is 5.26 Å². The van der Waals surface area contributed by atoms with Gasteiger partial charge in [0.2, 0.25) is 5.91 Å². The van der Waals surface area contributed by atoms with E-state index in [1.54, 1.807) is 0 Å². The van der Waals surface area contributed by atoms with E-state index < -0.39 is 5.92 Å².